The maximum atomic E-state index is 12.2. The van der Waals surface area contributed by atoms with Crippen molar-refractivity contribution in [2.75, 3.05) is 14.2 Å². The van der Waals surface area contributed by atoms with Gasteiger partial charge in [-0.05, 0) is 12.0 Å². The maximum absolute atomic E-state index is 12.2. The van der Waals surface area contributed by atoms with E-state index < -0.39 is 36.0 Å². The molecule has 0 bridgehead atoms. The fourth-order valence-electron chi connectivity index (χ4n) is 2.99. The van der Waals surface area contributed by atoms with Crippen molar-refractivity contribution in [3.8, 4) is 0 Å². The average molecular weight is 348 g/mol. The van der Waals surface area contributed by atoms with Gasteiger partial charge in [0.05, 0.1) is 33.0 Å². The molecule has 136 valence electrons. The lowest BCUT2D eigenvalue weighted by Crippen LogP contribution is -2.40. The van der Waals surface area contributed by atoms with Crippen molar-refractivity contribution in [2.45, 2.75) is 31.7 Å². The molecule has 2 rings (SSSR count). The molecule has 0 fully saturated rings. The molecule has 25 heavy (non-hydrogen) atoms. The van der Waals surface area contributed by atoms with E-state index in [-0.39, 0.29) is 0 Å². The van der Waals surface area contributed by atoms with Crippen molar-refractivity contribution >= 4 is 11.9 Å². The predicted molar refractivity (Wildman–Crippen MR) is 90.4 cm³/mol. The van der Waals surface area contributed by atoms with Crippen LogP contribution in [0.15, 0.2) is 42.5 Å². The van der Waals surface area contributed by atoms with Gasteiger partial charge >= 0.3 is 11.9 Å². The Kier molecular flexibility index (Phi) is 7.16. The van der Waals surface area contributed by atoms with Crippen molar-refractivity contribution in [2.24, 2.45) is 11.8 Å². The lowest BCUT2D eigenvalue weighted by atomic mass is 9.85. The van der Waals surface area contributed by atoms with E-state index in [0.717, 1.165) is 5.56 Å². The van der Waals surface area contributed by atoms with Gasteiger partial charge in [-0.25, -0.2) is 0 Å². The Morgan fingerprint density at radius 3 is 2.40 bits per heavy atom. The smallest absolute Gasteiger partial charge is 0.320 e. The molecule has 0 amide bonds. The number of aliphatic hydroxyl groups is 1. The Morgan fingerprint density at radius 1 is 1.16 bits per heavy atom. The molecule has 1 aromatic rings. The molecule has 0 spiro atoms. The highest BCUT2D eigenvalue weighted by Gasteiger charge is 2.41. The second-order valence-electron chi connectivity index (χ2n) is 5.99. The molecule has 1 aliphatic carbocycles. The van der Waals surface area contributed by atoms with Crippen molar-refractivity contribution in [3.05, 3.63) is 48.0 Å². The summed E-state index contributed by atoms with van der Waals surface area (Å²) in [5.41, 5.74) is 0.969. The molecule has 0 aromatic heterocycles. The van der Waals surface area contributed by atoms with Gasteiger partial charge in [0.25, 0.3) is 0 Å². The van der Waals surface area contributed by atoms with Gasteiger partial charge in [-0.1, -0.05) is 42.5 Å². The van der Waals surface area contributed by atoms with Crippen LogP contribution >= 0.6 is 0 Å². The number of aliphatic hydroxyl groups excluding tert-OH is 1. The van der Waals surface area contributed by atoms with E-state index in [4.69, 9.17) is 14.2 Å². The molecule has 6 heteroatoms. The van der Waals surface area contributed by atoms with Crippen molar-refractivity contribution < 1.29 is 28.9 Å². The summed E-state index contributed by atoms with van der Waals surface area (Å²) in [4.78, 5) is 24.3. The van der Waals surface area contributed by atoms with Gasteiger partial charge in [-0.3, -0.25) is 9.59 Å². The number of benzene rings is 1. The van der Waals surface area contributed by atoms with Crippen LogP contribution in [0.1, 0.15) is 18.4 Å². The first-order chi connectivity index (χ1) is 12.1. The molecule has 0 radical (unpaired) electrons. The molecule has 3 atom stereocenters. The third-order valence-corrected chi connectivity index (χ3v) is 4.30. The van der Waals surface area contributed by atoms with Gasteiger partial charge in [-0.15, -0.1) is 0 Å². The summed E-state index contributed by atoms with van der Waals surface area (Å²) in [5, 5.41) is 10.1. The first-order valence-corrected chi connectivity index (χ1v) is 8.22. The van der Waals surface area contributed by atoms with E-state index in [9.17, 15) is 14.7 Å². The van der Waals surface area contributed by atoms with Gasteiger partial charge in [-0.2, -0.15) is 0 Å². The fourth-order valence-corrected chi connectivity index (χ4v) is 2.99. The summed E-state index contributed by atoms with van der Waals surface area (Å²) < 4.78 is 15.5. The lowest BCUT2D eigenvalue weighted by molar-refractivity contribution is -0.164. The van der Waals surface area contributed by atoms with Crippen LogP contribution in [0.25, 0.3) is 0 Å². The second-order valence-corrected chi connectivity index (χ2v) is 5.99. The standard InChI is InChI=1S/C19H24O6/c1-23-18(21)17(19(22)24-2)15-10-6-9-14(20)11-16(15)25-12-13-7-4-3-5-8-13/h3-8,10,14-17,20H,9,11-12H2,1-2H3/t14-,15+,16-/m1/s1. The number of hydrogen-bond donors (Lipinski definition) is 1. The number of methoxy groups -OCH3 is 2. The second kappa shape index (κ2) is 9.34. The minimum atomic E-state index is -1.13. The van der Waals surface area contributed by atoms with Crippen molar-refractivity contribution in [1.82, 2.24) is 0 Å². The number of ether oxygens (including phenoxy) is 3. The van der Waals surface area contributed by atoms with E-state index in [0.29, 0.717) is 19.4 Å². The van der Waals surface area contributed by atoms with Gasteiger partial charge in [0.15, 0.2) is 5.92 Å². The van der Waals surface area contributed by atoms with E-state index in [1.54, 1.807) is 12.2 Å². The third-order valence-electron chi connectivity index (χ3n) is 4.30. The largest absolute Gasteiger partial charge is 0.468 e. The minimum Gasteiger partial charge on any atom is -0.468 e. The number of carbonyl (C=O) groups excluding carboxylic acids is 2. The third kappa shape index (κ3) is 5.14. The summed E-state index contributed by atoms with van der Waals surface area (Å²) in [6.45, 7) is 0.317. The Bertz CT molecular complexity index is 581. The van der Waals surface area contributed by atoms with Crippen LogP contribution in [0.4, 0.5) is 0 Å². The van der Waals surface area contributed by atoms with Crippen LogP contribution in [0.5, 0.6) is 0 Å². The van der Waals surface area contributed by atoms with Crippen LogP contribution in [0, 0.1) is 11.8 Å². The van der Waals surface area contributed by atoms with Crippen LogP contribution < -0.4 is 0 Å². The van der Waals surface area contributed by atoms with E-state index >= 15 is 0 Å². The Labute approximate surface area is 147 Å². The van der Waals surface area contributed by atoms with Crippen LogP contribution in [0.2, 0.25) is 0 Å². The topological polar surface area (TPSA) is 82.1 Å². The lowest BCUT2D eigenvalue weighted by Gasteiger charge is -2.29. The molecule has 1 N–H and O–H groups in total. The van der Waals surface area contributed by atoms with Gasteiger partial charge in [0.2, 0.25) is 0 Å². The molecule has 6 nitrogen and oxygen atoms in total. The minimum absolute atomic E-state index is 0.314. The van der Waals surface area contributed by atoms with Crippen LogP contribution in [-0.2, 0) is 30.4 Å². The first-order valence-electron chi connectivity index (χ1n) is 8.22. The number of esters is 2. The highest BCUT2D eigenvalue weighted by Crippen LogP contribution is 2.30. The fraction of sp³-hybridized carbons (Fsp3) is 0.474. The molecule has 1 aromatic carbocycles. The summed E-state index contributed by atoms with van der Waals surface area (Å²) in [6.07, 6.45) is 3.14. The Balaban J connectivity index is 2.22. The first kappa shape index (κ1) is 19.1. The monoisotopic (exact) mass is 348 g/mol. The number of rotatable bonds is 6. The molecule has 0 saturated carbocycles. The van der Waals surface area contributed by atoms with Crippen LogP contribution in [-0.4, -0.2) is 43.5 Å². The SMILES string of the molecule is COC(=O)C(C(=O)OC)[C@H]1C=CC[C@@H](O)C[C@H]1OCc1ccccc1. The van der Waals surface area contributed by atoms with E-state index in [1.165, 1.54) is 14.2 Å². The molecule has 1 aliphatic rings. The zero-order valence-electron chi connectivity index (χ0n) is 14.5. The molecule has 0 unspecified atom stereocenters. The highest BCUT2D eigenvalue weighted by atomic mass is 16.5. The quantitative estimate of drug-likeness (QED) is 0.480. The van der Waals surface area contributed by atoms with Gasteiger partial charge < -0.3 is 19.3 Å². The van der Waals surface area contributed by atoms with Crippen molar-refractivity contribution in [3.63, 3.8) is 0 Å². The summed E-state index contributed by atoms with van der Waals surface area (Å²) in [6, 6.07) is 9.58. The molecular weight excluding hydrogens is 324 g/mol. The summed E-state index contributed by atoms with van der Waals surface area (Å²) >= 11 is 0. The number of carbonyl (C=O) groups is 2. The van der Waals surface area contributed by atoms with Gasteiger partial charge in [0.1, 0.15) is 0 Å². The molecule has 0 heterocycles. The summed E-state index contributed by atoms with van der Waals surface area (Å²) in [7, 11) is 2.46. The van der Waals surface area contributed by atoms with Gasteiger partial charge in [0, 0.05) is 12.3 Å². The van der Waals surface area contributed by atoms with Crippen molar-refractivity contribution in [1.29, 1.82) is 0 Å². The normalized spacial score (nSPS) is 23.1. The summed E-state index contributed by atoms with van der Waals surface area (Å²) in [5.74, 6) is -3.05. The average Bonchev–Trinajstić information content (AvgIpc) is 2.82. The van der Waals surface area contributed by atoms with E-state index in [1.807, 2.05) is 30.3 Å². The molecule has 0 aliphatic heterocycles. The van der Waals surface area contributed by atoms with E-state index in [2.05, 4.69) is 0 Å². The highest BCUT2D eigenvalue weighted by molar-refractivity contribution is 5.95. The zero-order valence-corrected chi connectivity index (χ0v) is 14.5. The Morgan fingerprint density at radius 2 is 1.80 bits per heavy atom. The Hall–Kier alpha value is -2.18. The molecular formula is C19H24O6. The van der Waals surface area contributed by atoms with Crippen LogP contribution in [0.3, 0.4) is 0 Å². The zero-order chi connectivity index (χ0) is 18.2. The maximum Gasteiger partial charge on any atom is 0.320 e. The molecule has 0 saturated heterocycles. The predicted octanol–water partition coefficient (Wildman–Crippen LogP) is 1.86. The number of hydrogen-bond acceptors (Lipinski definition) is 6.